The highest BCUT2D eigenvalue weighted by atomic mass is 19.1. The molecule has 3 N–H and O–H groups in total. The van der Waals surface area contributed by atoms with Crippen LogP contribution in [0.2, 0.25) is 0 Å². The summed E-state index contributed by atoms with van der Waals surface area (Å²) in [5.74, 6) is -1.39. The molecule has 0 aliphatic rings. The quantitative estimate of drug-likeness (QED) is 0.327. The summed E-state index contributed by atoms with van der Waals surface area (Å²) >= 11 is 0. The molecular weight excluding hydrogens is 401 g/mol. The molecule has 0 bridgehead atoms. The van der Waals surface area contributed by atoms with Crippen LogP contribution in [0, 0.1) is 5.82 Å². The lowest BCUT2D eigenvalue weighted by Gasteiger charge is -2.11. The van der Waals surface area contributed by atoms with Crippen LogP contribution in [-0.2, 0) is 9.53 Å². The molecule has 0 spiro atoms. The van der Waals surface area contributed by atoms with Crippen molar-refractivity contribution >= 4 is 34.7 Å². The van der Waals surface area contributed by atoms with Crippen LogP contribution in [0.25, 0.3) is 0 Å². The van der Waals surface area contributed by atoms with Crippen molar-refractivity contribution in [3.8, 4) is 5.75 Å². The maximum Gasteiger partial charge on any atom is 0.247 e. The van der Waals surface area contributed by atoms with E-state index >= 15 is 0 Å². The Kier molecular flexibility index (Phi) is 5.15. The topological polar surface area (TPSA) is 97.4 Å². The van der Waals surface area contributed by atoms with Gasteiger partial charge in [0.2, 0.25) is 11.9 Å². The van der Waals surface area contributed by atoms with Crippen molar-refractivity contribution in [3.63, 3.8) is 0 Å². The molecule has 3 rings (SSSR count). The highest BCUT2D eigenvalue weighted by Gasteiger charge is 2.09. The van der Waals surface area contributed by atoms with Crippen molar-refractivity contribution in [1.82, 2.24) is 9.97 Å². The van der Waals surface area contributed by atoms with E-state index in [1.54, 1.807) is 24.3 Å². The standard InChI is InChI=1S/C22H22FN5O3/c1-3-20(29)25-16-5-4-6-17(13-16)26-21-19(23)14-24-22(28-21)27-15-7-9-18(10-8-15)31-12-11-30-2/h3-10,13-14H,1,11-12H2,2H3,(H,25,29)(H2,24,26,27,28)/i2D3,5D,6D,13D. The zero-order valence-electron chi connectivity index (χ0n) is 22.2. The summed E-state index contributed by atoms with van der Waals surface area (Å²) in [5.41, 5.74) is 0.172. The van der Waals surface area contributed by atoms with Gasteiger partial charge in [-0.1, -0.05) is 12.6 Å². The van der Waals surface area contributed by atoms with E-state index in [4.69, 9.17) is 13.0 Å². The largest absolute Gasteiger partial charge is 0.491 e. The van der Waals surface area contributed by atoms with E-state index in [1.165, 1.54) is 0 Å². The Morgan fingerprint density at radius 2 is 2.03 bits per heavy atom. The highest BCUT2D eigenvalue weighted by Crippen LogP contribution is 2.23. The lowest BCUT2D eigenvalue weighted by atomic mass is 10.2. The molecular formula is C22H22FN5O3. The number of anilines is 5. The summed E-state index contributed by atoms with van der Waals surface area (Å²) in [6.07, 6.45) is 1.86. The fourth-order valence-corrected chi connectivity index (χ4v) is 2.28. The van der Waals surface area contributed by atoms with E-state index in [-0.39, 0.29) is 48.4 Å². The SMILES string of the molecule is [2H]c1cc([2H])c(Nc2nc(Nc3ccc(OCCOC([2H])([2H])[2H])cc3)ncc2F)c([2H])c1NC(=O)C=C. The van der Waals surface area contributed by atoms with Gasteiger partial charge in [-0.15, -0.1) is 0 Å². The average Bonchev–Trinajstić information content (AvgIpc) is 2.84. The van der Waals surface area contributed by atoms with Crippen molar-refractivity contribution in [2.24, 2.45) is 0 Å². The fraction of sp³-hybridized carbons (Fsp3) is 0.136. The molecule has 3 aromatic rings. The second-order valence-corrected chi connectivity index (χ2v) is 5.86. The molecule has 1 aromatic heterocycles. The molecule has 0 atom stereocenters. The summed E-state index contributed by atoms with van der Waals surface area (Å²) in [7, 11) is -2.49. The van der Waals surface area contributed by atoms with Gasteiger partial charge >= 0.3 is 0 Å². The fourth-order valence-electron chi connectivity index (χ4n) is 2.28. The van der Waals surface area contributed by atoms with E-state index in [2.05, 4.69) is 37.2 Å². The maximum atomic E-state index is 14.5. The molecule has 1 amide bonds. The molecule has 0 unspecified atom stereocenters. The molecule has 0 saturated carbocycles. The molecule has 31 heavy (non-hydrogen) atoms. The van der Waals surface area contributed by atoms with Crippen molar-refractivity contribution < 1.29 is 26.9 Å². The smallest absolute Gasteiger partial charge is 0.247 e. The van der Waals surface area contributed by atoms with E-state index in [0.717, 1.165) is 18.3 Å². The van der Waals surface area contributed by atoms with E-state index in [0.29, 0.717) is 11.4 Å². The number of hydrogen-bond donors (Lipinski definition) is 3. The molecule has 2 aromatic carbocycles. The first-order valence-electron chi connectivity index (χ1n) is 11.9. The molecule has 1 heterocycles. The van der Waals surface area contributed by atoms with Gasteiger partial charge < -0.3 is 25.4 Å². The lowest BCUT2D eigenvalue weighted by Crippen LogP contribution is -2.07. The number of halogens is 1. The predicted octanol–water partition coefficient (Wildman–Crippen LogP) is 4.25. The summed E-state index contributed by atoms with van der Waals surface area (Å²) in [6.45, 7) is 3.25. The Hall–Kier alpha value is -3.98. The van der Waals surface area contributed by atoms with Crippen LogP contribution in [0.4, 0.5) is 33.2 Å². The van der Waals surface area contributed by atoms with Crippen molar-refractivity contribution in [3.05, 3.63) is 73.1 Å². The number of benzene rings is 2. The molecule has 9 heteroatoms. The number of rotatable bonds is 10. The minimum Gasteiger partial charge on any atom is -0.491 e. The monoisotopic (exact) mass is 429 g/mol. The molecule has 160 valence electrons. The normalized spacial score (nSPS) is 13.5. The minimum absolute atomic E-state index is 0.000924. The zero-order valence-corrected chi connectivity index (χ0v) is 16.2. The lowest BCUT2D eigenvalue weighted by molar-refractivity contribution is -0.111. The average molecular weight is 429 g/mol. The van der Waals surface area contributed by atoms with E-state index in [1.807, 2.05) is 0 Å². The first-order chi connectivity index (χ1) is 17.5. The van der Waals surface area contributed by atoms with Gasteiger partial charge in [-0.3, -0.25) is 4.79 Å². The Bertz CT molecular complexity index is 1290. The second-order valence-electron chi connectivity index (χ2n) is 5.86. The van der Waals surface area contributed by atoms with Crippen molar-refractivity contribution in [1.29, 1.82) is 0 Å². The first-order valence-corrected chi connectivity index (χ1v) is 8.94. The third kappa shape index (κ3) is 6.51. The van der Waals surface area contributed by atoms with Crippen LogP contribution in [0.15, 0.2) is 67.3 Å². The molecule has 0 radical (unpaired) electrons. The number of nitrogens with zero attached hydrogens (tertiary/aromatic N) is 2. The number of ether oxygens (including phenoxy) is 2. The summed E-state index contributed by atoms with van der Waals surface area (Å²) < 4.78 is 69.7. The number of carbonyl (C=O) groups is 1. The minimum atomic E-state index is -2.49. The second kappa shape index (κ2) is 10.7. The molecule has 0 aliphatic carbocycles. The van der Waals surface area contributed by atoms with Gasteiger partial charge in [0.15, 0.2) is 11.6 Å². The first kappa shape index (κ1) is 14.9. The number of amides is 1. The third-order valence-corrected chi connectivity index (χ3v) is 3.67. The summed E-state index contributed by atoms with van der Waals surface area (Å²) in [5, 5.41) is 7.78. The van der Waals surface area contributed by atoms with Crippen molar-refractivity contribution in [2.75, 3.05) is 36.2 Å². The molecule has 8 nitrogen and oxygen atoms in total. The number of carbonyl (C=O) groups excluding carboxylic acids is 1. The summed E-state index contributed by atoms with van der Waals surface area (Å²) in [6, 6.07) is 6.63. The van der Waals surface area contributed by atoms with Gasteiger partial charge in [-0.2, -0.15) is 4.98 Å². The third-order valence-electron chi connectivity index (χ3n) is 3.67. The Morgan fingerprint density at radius 3 is 2.81 bits per heavy atom. The van der Waals surface area contributed by atoms with Crippen LogP contribution in [0.3, 0.4) is 0 Å². The van der Waals surface area contributed by atoms with Gasteiger partial charge in [0.05, 0.1) is 21.0 Å². The molecule has 0 aliphatic heterocycles. The predicted molar refractivity (Wildman–Crippen MR) is 118 cm³/mol. The van der Waals surface area contributed by atoms with Gasteiger partial charge in [-0.05, 0) is 48.5 Å². The van der Waals surface area contributed by atoms with E-state index in [9.17, 15) is 9.18 Å². The molecule has 0 fully saturated rings. The zero-order chi connectivity index (χ0) is 27.2. The number of hydrogen-bond acceptors (Lipinski definition) is 7. The molecule has 0 saturated heterocycles. The van der Waals surface area contributed by atoms with Gasteiger partial charge in [0.1, 0.15) is 12.4 Å². The Labute approximate surface area is 187 Å². The number of aromatic nitrogens is 2. The highest BCUT2D eigenvalue weighted by molar-refractivity contribution is 5.99. The van der Waals surface area contributed by atoms with Crippen LogP contribution in [0.1, 0.15) is 8.22 Å². The van der Waals surface area contributed by atoms with Crippen molar-refractivity contribution in [2.45, 2.75) is 0 Å². The summed E-state index contributed by atoms with van der Waals surface area (Å²) in [4.78, 5) is 19.6. The van der Waals surface area contributed by atoms with Gasteiger partial charge in [0, 0.05) is 24.1 Å². The van der Waals surface area contributed by atoms with Crippen LogP contribution >= 0.6 is 0 Å². The number of nitrogens with one attached hydrogen (secondary N) is 3. The Morgan fingerprint density at radius 1 is 1.23 bits per heavy atom. The van der Waals surface area contributed by atoms with E-state index < -0.39 is 24.8 Å². The maximum absolute atomic E-state index is 14.5. The Balaban J connectivity index is 1.73. The van der Waals surface area contributed by atoms with Crippen LogP contribution in [0.5, 0.6) is 5.75 Å². The number of methoxy groups -OCH3 is 1. The van der Waals surface area contributed by atoms with Crippen LogP contribution < -0.4 is 20.7 Å². The van der Waals surface area contributed by atoms with Crippen LogP contribution in [-0.4, -0.2) is 36.1 Å². The van der Waals surface area contributed by atoms with Gasteiger partial charge in [-0.25, -0.2) is 9.37 Å². The van der Waals surface area contributed by atoms with Gasteiger partial charge in [0.25, 0.3) is 0 Å².